The lowest BCUT2D eigenvalue weighted by Crippen LogP contribution is -2.13. The van der Waals surface area contributed by atoms with Crippen LogP contribution in [0, 0.1) is 0 Å². The van der Waals surface area contributed by atoms with Gasteiger partial charge < -0.3 is 10.3 Å². The van der Waals surface area contributed by atoms with E-state index in [1.807, 2.05) is 17.4 Å². The van der Waals surface area contributed by atoms with Crippen LogP contribution in [0.15, 0.2) is 115 Å². The number of rotatable bonds is 4. The second kappa shape index (κ2) is 8.09. The molecule has 7 rings (SSSR count). The Balaban J connectivity index is 1.44. The number of thiophene rings is 1. The van der Waals surface area contributed by atoms with Gasteiger partial charge in [0, 0.05) is 42.7 Å². The third-order valence-electron chi connectivity index (χ3n) is 7.03. The zero-order valence-corrected chi connectivity index (χ0v) is 20.0. The molecule has 168 valence electrons. The highest BCUT2D eigenvalue weighted by Gasteiger charge is 2.16. The van der Waals surface area contributed by atoms with Crippen LogP contribution in [-0.4, -0.2) is 4.57 Å². The summed E-state index contributed by atoms with van der Waals surface area (Å²) in [6, 6.07) is 41.3. The van der Waals surface area contributed by atoms with E-state index in [-0.39, 0.29) is 6.04 Å². The van der Waals surface area contributed by atoms with Gasteiger partial charge in [0.15, 0.2) is 0 Å². The van der Waals surface area contributed by atoms with Crippen molar-refractivity contribution >= 4 is 53.3 Å². The van der Waals surface area contributed by atoms with Gasteiger partial charge in [-0.2, -0.15) is 0 Å². The van der Waals surface area contributed by atoms with Crippen LogP contribution in [0.5, 0.6) is 0 Å². The Morgan fingerprint density at radius 1 is 0.600 bits per heavy atom. The van der Waals surface area contributed by atoms with Gasteiger partial charge in [-0.15, -0.1) is 11.3 Å². The maximum absolute atomic E-state index is 6.69. The van der Waals surface area contributed by atoms with Gasteiger partial charge in [-0.25, -0.2) is 0 Å². The van der Waals surface area contributed by atoms with Crippen LogP contribution in [0.4, 0.5) is 0 Å². The van der Waals surface area contributed by atoms with Crippen LogP contribution in [0.3, 0.4) is 0 Å². The smallest absolute Gasteiger partial charge is 0.0548 e. The molecule has 5 aromatic carbocycles. The number of hydrogen-bond acceptors (Lipinski definition) is 2. The van der Waals surface area contributed by atoms with Gasteiger partial charge in [-0.3, -0.25) is 0 Å². The van der Waals surface area contributed by atoms with Crippen molar-refractivity contribution in [2.45, 2.75) is 12.5 Å². The normalized spacial score (nSPS) is 12.7. The summed E-state index contributed by atoms with van der Waals surface area (Å²) in [6.07, 6.45) is 0.818. The molecule has 0 aliphatic carbocycles. The summed E-state index contributed by atoms with van der Waals surface area (Å²) in [5.41, 5.74) is 12.7. The fourth-order valence-corrected chi connectivity index (χ4v) is 6.47. The summed E-state index contributed by atoms with van der Waals surface area (Å²) >= 11 is 1.87. The summed E-state index contributed by atoms with van der Waals surface area (Å²) in [5, 5.41) is 5.21. The van der Waals surface area contributed by atoms with Crippen molar-refractivity contribution in [3.05, 3.63) is 126 Å². The molecule has 1 atom stereocenters. The first kappa shape index (κ1) is 20.5. The highest BCUT2D eigenvalue weighted by molar-refractivity contribution is 7.25. The largest absolute Gasteiger partial charge is 0.324 e. The first-order valence-corrected chi connectivity index (χ1v) is 12.8. The predicted octanol–water partition coefficient (Wildman–Crippen LogP) is 8.39. The summed E-state index contributed by atoms with van der Waals surface area (Å²) in [5.74, 6) is 0. The van der Waals surface area contributed by atoms with Crippen LogP contribution in [0.25, 0.3) is 47.7 Å². The van der Waals surface area contributed by atoms with Crippen LogP contribution in [0.1, 0.15) is 17.2 Å². The SMILES string of the molecule is N[C@@H](Cc1ccccc1)c1cccc(-n2c3ccccc3c3cc4sc5ccccc5c4cc32)c1. The van der Waals surface area contributed by atoms with E-state index in [9.17, 15) is 0 Å². The van der Waals surface area contributed by atoms with Gasteiger partial charge in [-0.05, 0) is 53.9 Å². The van der Waals surface area contributed by atoms with E-state index >= 15 is 0 Å². The molecule has 0 aliphatic rings. The molecule has 0 spiro atoms. The van der Waals surface area contributed by atoms with Crippen molar-refractivity contribution < 1.29 is 0 Å². The summed E-state index contributed by atoms with van der Waals surface area (Å²) < 4.78 is 5.06. The predicted molar refractivity (Wildman–Crippen MR) is 151 cm³/mol. The molecule has 0 unspecified atom stereocenters. The number of fused-ring (bicyclic) bond motifs is 6. The Morgan fingerprint density at radius 2 is 1.37 bits per heavy atom. The number of aromatic nitrogens is 1. The number of para-hydroxylation sites is 1. The van der Waals surface area contributed by atoms with Crippen molar-refractivity contribution in [3.8, 4) is 5.69 Å². The average Bonchev–Trinajstić information content (AvgIpc) is 3.43. The Labute approximate surface area is 207 Å². The van der Waals surface area contributed by atoms with Crippen molar-refractivity contribution in [3.63, 3.8) is 0 Å². The van der Waals surface area contributed by atoms with Crippen molar-refractivity contribution in [1.29, 1.82) is 0 Å². The molecule has 0 fully saturated rings. The number of nitrogens with zero attached hydrogens (tertiary/aromatic N) is 1. The van der Waals surface area contributed by atoms with Gasteiger partial charge in [0.05, 0.1) is 11.0 Å². The number of benzene rings is 5. The summed E-state index contributed by atoms with van der Waals surface area (Å²) in [4.78, 5) is 0. The lowest BCUT2D eigenvalue weighted by atomic mass is 9.99. The van der Waals surface area contributed by atoms with Gasteiger partial charge in [-0.1, -0.05) is 78.9 Å². The molecule has 2 nitrogen and oxygen atoms in total. The Kier molecular flexibility index (Phi) is 4.73. The quantitative estimate of drug-likeness (QED) is 0.276. The Hall–Kier alpha value is -3.92. The summed E-state index contributed by atoms with van der Waals surface area (Å²) in [7, 11) is 0. The molecule has 35 heavy (non-hydrogen) atoms. The van der Waals surface area contributed by atoms with Crippen LogP contribution >= 0.6 is 11.3 Å². The topological polar surface area (TPSA) is 30.9 Å². The molecule has 7 aromatic rings. The minimum Gasteiger partial charge on any atom is -0.324 e. The molecular weight excluding hydrogens is 444 g/mol. The second-order valence-corrected chi connectivity index (χ2v) is 10.3. The maximum atomic E-state index is 6.69. The summed E-state index contributed by atoms with van der Waals surface area (Å²) in [6.45, 7) is 0. The van der Waals surface area contributed by atoms with Gasteiger partial charge >= 0.3 is 0 Å². The van der Waals surface area contributed by atoms with Crippen molar-refractivity contribution in [1.82, 2.24) is 4.57 Å². The third-order valence-corrected chi connectivity index (χ3v) is 8.16. The standard InChI is InChI=1S/C32H24N2S/c33-28(17-21-9-2-1-3-10-21)22-11-8-12-23(18-22)34-29-15-6-4-13-24(29)26-20-32-27(19-30(26)34)25-14-5-7-16-31(25)35-32/h1-16,18-20,28H,17,33H2/t28-/m0/s1. The molecule has 0 radical (unpaired) electrons. The highest BCUT2D eigenvalue weighted by Crippen LogP contribution is 2.40. The molecule has 2 aromatic heterocycles. The van der Waals surface area contributed by atoms with E-state index in [0.717, 1.165) is 17.7 Å². The molecule has 0 aliphatic heterocycles. The first-order chi connectivity index (χ1) is 17.3. The zero-order chi connectivity index (χ0) is 23.4. The first-order valence-electron chi connectivity index (χ1n) is 12.0. The highest BCUT2D eigenvalue weighted by atomic mass is 32.1. The molecular formula is C32H24N2S. The molecule has 2 heterocycles. The Bertz CT molecular complexity index is 1840. The van der Waals surface area contributed by atoms with Crippen LogP contribution in [-0.2, 0) is 6.42 Å². The maximum Gasteiger partial charge on any atom is 0.0548 e. The van der Waals surface area contributed by atoms with Crippen LogP contribution < -0.4 is 5.73 Å². The van der Waals surface area contributed by atoms with E-state index in [0.29, 0.717) is 0 Å². The molecule has 3 heteroatoms. The van der Waals surface area contributed by atoms with E-state index in [1.54, 1.807) is 0 Å². The van der Waals surface area contributed by atoms with Gasteiger partial charge in [0.25, 0.3) is 0 Å². The molecule has 0 amide bonds. The molecule has 2 N–H and O–H groups in total. The lowest BCUT2D eigenvalue weighted by Gasteiger charge is -2.15. The number of nitrogens with two attached hydrogens (primary N) is 1. The van der Waals surface area contributed by atoms with E-state index in [1.165, 1.54) is 47.5 Å². The number of hydrogen-bond donors (Lipinski definition) is 1. The monoisotopic (exact) mass is 468 g/mol. The second-order valence-electron chi connectivity index (χ2n) is 9.21. The lowest BCUT2D eigenvalue weighted by molar-refractivity contribution is 0.721. The molecule has 0 bridgehead atoms. The van der Waals surface area contributed by atoms with Crippen molar-refractivity contribution in [2.24, 2.45) is 5.73 Å². The van der Waals surface area contributed by atoms with E-state index in [2.05, 4.69) is 114 Å². The fourth-order valence-electron chi connectivity index (χ4n) is 5.35. The molecule has 0 saturated heterocycles. The zero-order valence-electron chi connectivity index (χ0n) is 19.2. The van der Waals surface area contributed by atoms with Crippen molar-refractivity contribution in [2.75, 3.05) is 0 Å². The average molecular weight is 469 g/mol. The minimum absolute atomic E-state index is 0.0574. The molecule has 0 saturated carbocycles. The van der Waals surface area contributed by atoms with E-state index < -0.39 is 0 Å². The van der Waals surface area contributed by atoms with Gasteiger partial charge in [0.2, 0.25) is 0 Å². The Morgan fingerprint density at radius 3 is 2.26 bits per heavy atom. The minimum atomic E-state index is -0.0574. The van der Waals surface area contributed by atoms with E-state index in [4.69, 9.17) is 5.73 Å². The van der Waals surface area contributed by atoms with Gasteiger partial charge in [0.1, 0.15) is 0 Å². The van der Waals surface area contributed by atoms with Crippen LogP contribution in [0.2, 0.25) is 0 Å². The fraction of sp³-hybridized carbons (Fsp3) is 0.0625. The third kappa shape index (κ3) is 3.35.